The number of hydrogen-bond acceptors (Lipinski definition) is 6. The third-order valence-electron chi connectivity index (χ3n) is 5.67. The van der Waals surface area contributed by atoms with Crippen LogP contribution < -0.4 is 5.32 Å². The van der Waals surface area contributed by atoms with E-state index in [-0.39, 0.29) is 0 Å². The standard InChI is InChI=1S/C22H26N4OS/c1-15-24-21(20-18-3-2-4-19(18)28-22(20)25-15)23-13-16-5-7-17(8-6-16)14-26-9-11-27-12-10-26/h5-8H,2-4,9-14H2,1H3,(H,23,24,25). The lowest BCUT2D eigenvalue weighted by Gasteiger charge is -2.26. The first-order valence-corrected chi connectivity index (χ1v) is 11.0. The van der Waals surface area contributed by atoms with Gasteiger partial charge >= 0.3 is 0 Å². The van der Waals surface area contributed by atoms with Gasteiger partial charge in [-0.1, -0.05) is 24.3 Å². The zero-order chi connectivity index (χ0) is 18.9. The Morgan fingerprint density at radius 3 is 2.68 bits per heavy atom. The summed E-state index contributed by atoms with van der Waals surface area (Å²) in [6.07, 6.45) is 3.61. The van der Waals surface area contributed by atoms with Crippen molar-refractivity contribution in [3.05, 3.63) is 51.7 Å². The molecule has 2 aliphatic rings. The molecule has 1 aromatic carbocycles. The van der Waals surface area contributed by atoms with Crippen molar-refractivity contribution in [2.45, 2.75) is 39.3 Å². The molecule has 1 aliphatic heterocycles. The van der Waals surface area contributed by atoms with E-state index in [4.69, 9.17) is 9.72 Å². The maximum absolute atomic E-state index is 5.43. The number of nitrogens with zero attached hydrogens (tertiary/aromatic N) is 3. The van der Waals surface area contributed by atoms with E-state index >= 15 is 0 Å². The summed E-state index contributed by atoms with van der Waals surface area (Å²) < 4.78 is 5.43. The Labute approximate surface area is 169 Å². The molecule has 28 heavy (non-hydrogen) atoms. The van der Waals surface area contributed by atoms with E-state index in [0.717, 1.165) is 62.3 Å². The van der Waals surface area contributed by atoms with Crippen molar-refractivity contribution in [1.82, 2.24) is 14.9 Å². The topological polar surface area (TPSA) is 50.3 Å². The van der Waals surface area contributed by atoms with Gasteiger partial charge in [-0.25, -0.2) is 9.97 Å². The Balaban J connectivity index is 1.30. The molecule has 0 unspecified atom stereocenters. The maximum atomic E-state index is 5.43. The number of aromatic nitrogens is 2. The van der Waals surface area contributed by atoms with Gasteiger partial charge in [-0.15, -0.1) is 11.3 Å². The average Bonchev–Trinajstić information content (AvgIpc) is 3.29. The molecule has 0 saturated carbocycles. The summed E-state index contributed by atoms with van der Waals surface area (Å²) in [6.45, 7) is 7.52. The number of ether oxygens (including phenoxy) is 1. The first kappa shape index (κ1) is 18.0. The Bertz CT molecular complexity index is 976. The van der Waals surface area contributed by atoms with Crippen LogP contribution in [0.15, 0.2) is 24.3 Å². The largest absolute Gasteiger partial charge is 0.379 e. The van der Waals surface area contributed by atoms with E-state index in [0.29, 0.717) is 0 Å². The van der Waals surface area contributed by atoms with E-state index in [1.807, 2.05) is 18.3 Å². The highest BCUT2D eigenvalue weighted by atomic mass is 32.1. The molecular formula is C22H26N4OS. The van der Waals surface area contributed by atoms with Crippen molar-refractivity contribution in [3.63, 3.8) is 0 Å². The number of nitrogens with one attached hydrogen (secondary N) is 1. The van der Waals surface area contributed by atoms with Gasteiger partial charge in [0, 0.05) is 31.1 Å². The number of aryl methyl sites for hydroxylation is 3. The van der Waals surface area contributed by atoms with Crippen LogP contribution in [-0.4, -0.2) is 41.2 Å². The number of morpholine rings is 1. The van der Waals surface area contributed by atoms with Gasteiger partial charge in [0.1, 0.15) is 16.5 Å². The van der Waals surface area contributed by atoms with Gasteiger partial charge in [-0.3, -0.25) is 4.90 Å². The SMILES string of the molecule is Cc1nc(NCc2ccc(CN3CCOCC3)cc2)c2c3c(sc2n1)CCC3. The number of hydrogen-bond donors (Lipinski definition) is 1. The van der Waals surface area contributed by atoms with Gasteiger partial charge in [0.25, 0.3) is 0 Å². The zero-order valence-electron chi connectivity index (χ0n) is 16.3. The number of thiophene rings is 1. The molecule has 3 heterocycles. The summed E-state index contributed by atoms with van der Waals surface area (Å²) in [5.74, 6) is 1.84. The third-order valence-corrected chi connectivity index (χ3v) is 6.85. The van der Waals surface area contributed by atoms with Gasteiger partial charge in [0.05, 0.1) is 18.6 Å². The van der Waals surface area contributed by atoms with Gasteiger partial charge in [-0.2, -0.15) is 0 Å². The van der Waals surface area contributed by atoms with Crippen LogP contribution in [0.2, 0.25) is 0 Å². The Hall–Kier alpha value is -2.02. The number of benzene rings is 1. The number of rotatable bonds is 5. The summed E-state index contributed by atoms with van der Waals surface area (Å²) >= 11 is 1.85. The van der Waals surface area contributed by atoms with Crippen LogP contribution in [0.25, 0.3) is 10.2 Å². The van der Waals surface area contributed by atoms with Crippen molar-refractivity contribution in [2.75, 3.05) is 31.6 Å². The summed E-state index contributed by atoms with van der Waals surface area (Å²) in [5.41, 5.74) is 4.12. The second-order valence-corrected chi connectivity index (χ2v) is 8.80. The average molecular weight is 395 g/mol. The van der Waals surface area contributed by atoms with Crippen molar-refractivity contribution in [3.8, 4) is 0 Å². The molecule has 0 radical (unpaired) electrons. The van der Waals surface area contributed by atoms with Crippen LogP contribution >= 0.6 is 11.3 Å². The van der Waals surface area contributed by atoms with Gasteiger partial charge in [0.15, 0.2) is 0 Å². The molecule has 1 saturated heterocycles. The van der Waals surface area contributed by atoms with Gasteiger partial charge in [-0.05, 0) is 42.9 Å². The third kappa shape index (κ3) is 3.64. The van der Waals surface area contributed by atoms with E-state index in [9.17, 15) is 0 Å². The first-order chi connectivity index (χ1) is 13.8. The van der Waals surface area contributed by atoms with Gasteiger partial charge in [0.2, 0.25) is 0 Å². The number of fused-ring (bicyclic) bond motifs is 3. The van der Waals surface area contributed by atoms with Crippen molar-refractivity contribution in [1.29, 1.82) is 0 Å². The minimum absolute atomic E-state index is 0.786. The predicted octanol–water partition coefficient (Wildman–Crippen LogP) is 3.93. The lowest BCUT2D eigenvalue weighted by Crippen LogP contribution is -2.35. The molecule has 0 atom stereocenters. The lowest BCUT2D eigenvalue weighted by molar-refractivity contribution is 0.0342. The molecule has 1 fully saturated rings. The highest BCUT2D eigenvalue weighted by Gasteiger charge is 2.21. The fourth-order valence-electron chi connectivity index (χ4n) is 4.20. The van der Waals surface area contributed by atoms with Crippen molar-refractivity contribution < 1.29 is 4.74 Å². The van der Waals surface area contributed by atoms with Crippen LogP contribution in [0.1, 0.15) is 33.8 Å². The molecule has 5 rings (SSSR count). The fourth-order valence-corrected chi connectivity index (χ4v) is 5.50. The van der Waals surface area contributed by atoms with E-state index in [1.54, 1.807) is 0 Å². The smallest absolute Gasteiger partial charge is 0.139 e. The highest BCUT2D eigenvalue weighted by Crippen LogP contribution is 2.39. The molecule has 5 nitrogen and oxygen atoms in total. The molecule has 146 valence electrons. The molecular weight excluding hydrogens is 368 g/mol. The second kappa shape index (κ2) is 7.78. The van der Waals surface area contributed by atoms with Crippen LogP contribution in [0.4, 0.5) is 5.82 Å². The zero-order valence-corrected chi connectivity index (χ0v) is 17.1. The Kier molecular flexibility index (Phi) is 5.01. The Morgan fingerprint density at radius 2 is 1.86 bits per heavy atom. The molecule has 6 heteroatoms. The van der Waals surface area contributed by atoms with Crippen LogP contribution in [0.3, 0.4) is 0 Å². The summed E-state index contributed by atoms with van der Waals surface area (Å²) in [4.78, 5) is 14.5. The molecule has 0 amide bonds. The van der Waals surface area contributed by atoms with E-state index in [1.165, 1.54) is 39.8 Å². The monoisotopic (exact) mass is 394 g/mol. The predicted molar refractivity (Wildman–Crippen MR) is 114 cm³/mol. The van der Waals surface area contributed by atoms with E-state index < -0.39 is 0 Å². The van der Waals surface area contributed by atoms with Crippen LogP contribution in [0.5, 0.6) is 0 Å². The Morgan fingerprint density at radius 1 is 1.07 bits per heavy atom. The van der Waals surface area contributed by atoms with Gasteiger partial charge < -0.3 is 10.1 Å². The lowest BCUT2D eigenvalue weighted by atomic mass is 10.1. The van der Waals surface area contributed by atoms with Crippen LogP contribution in [-0.2, 0) is 30.7 Å². The molecule has 1 N–H and O–H groups in total. The number of anilines is 1. The second-order valence-electron chi connectivity index (χ2n) is 7.72. The molecule has 3 aromatic rings. The maximum Gasteiger partial charge on any atom is 0.139 e. The van der Waals surface area contributed by atoms with E-state index in [2.05, 4.69) is 39.5 Å². The summed E-state index contributed by atoms with van der Waals surface area (Å²) in [6, 6.07) is 8.95. The highest BCUT2D eigenvalue weighted by molar-refractivity contribution is 7.19. The summed E-state index contributed by atoms with van der Waals surface area (Å²) in [5, 5.41) is 4.85. The van der Waals surface area contributed by atoms with Crippen molar-refractivity contribution in [2.24, 2.45) is 0 Å². The minimum atomic E-state index is 0.786. The quantitative estimate of drug-likeness (QED) is 0.710. The fraction of sp³-hybridized carbons (Fsp3) is 0.455. The van der Waals surface area contributed by atoms with Crippen LogP contribution in [0, 0.1) is 6.92 Å². The molecule has 0 spiro atoms. The molecule has 2 aromatic heterocycles. The first-order valence-electron chi connectivity index (χ1n) is 10.2. The normalized spacial score (nSPS) is 17.2. The van der Waals surface area contributed by atoms with Crippen molar-refractivity contribution >= 4 is 27.4 Å². The minimum Gasteiger partial charge on any atom is -0.379 e. The molecule has 1 aliphatic carbocycles. The summed E-state index contributed by atoms with van der Waals surface area (Å²) in [7, 11) is 0. The molecule has 0 bridgehead atoms.